The van der Waals surface area contributed by atoms with E-state index in [2.05, 4.69) is 46.8 Å². The molecule has 110 valence electrons. The lowest BCUT2D eigenvalue weighted by Gasteiger charge is -2.09. The smallest absolute Gasteiger partial charge is 0.191 e. The van der Waals surface area contributed by atoms with Gasteiger partial charge in [0.25, 0.3) is 0 Å². The van der Waals surface area contributed by atoms with E-state index < -0.39 is 0 Å². The highest BCUT2D eigenvalue weighted by Gasteiger charge is 2.36. The van der Waals surface area contributed by atoms with Crippen LogP contribution in [0.15, 0.2) is 23.4 Å². The van der Waals surface area contributed by atoms with Crippen LogP contribution in [0, 0.1) is 13.8 Å². The first-order valence-corrected chi connectivity index (χ1v) is 8.84. The molecule has 1 heterocycles. The highest BCUT2D eigenvalue weighted by molar-refractivity contribution is 7.98. The van der Waals surface area contributed by atoms with E-state index in [-0.39, 0.29) is 0 Å². The van der Waals surface area contributed by atoms with E-state index in [1.807, 2.05) is 11.8 Å². The number of benzene rings is 1. The van der Waals surface area contributed by atoms with E-state index in [0.717, 1.165) is 10.9 Å². The molecular formula is C17H21N3S. The molecule has 2 saturated carbocycles. The van der Waals surface area contributed by atoms with Crippen molar-refractivity contribution in [1.29, 1.82) is 0 Å². The Morgan fingerprint density at radius 2 is 1.95 bits per heavy atom. The van der Waals surface area contributed by atoms with Crippen LogP contribution in [-0.2, 0) is 5.75 Å². The summed E-state index contributed by atoms with van der Waals surface area (Å²) in [7, 11) is 0. The predicted molar refractivity (Wildman–Crippen MR) is 85.7 cm³/mol. The van der Waals surface area contributed by atoms with E-state index in [1.54, 1.807) is 0 Å². The molecule has 4 heteroatoms. The fraction of sp³-hybridized carbons (Fsp3) is 0.529. The molecule has 0 radical (unpaired) electrons. The average molecular weight is 299 g/mol. The lowest BCUT2D eigenvalue weighted by atomic mass is 10.1. The van der Waals surface area contributed by atoms with Crippen LogP contribution in [0.4, 0.5) is 0 Å². The van der Waals surface area contributed by atoms with Crippen LogP contribution < -0.4 is 0 Å². The zero-order valence-electron chi connectivity index (χ0n) is 12.7. The molecule has 0 saturated heterocycles. The third-order valence-corrected chi connectivity index (χ3v) is 5.40. The van der Waals surface area contributed by atoms with Crippen LogP contribution >= 0.6 is 11.8 Å². The molecule has 0 N–H and O–H groups in total. The summed E-state index contributed by atoms with van der Waals surface area (Å²) >= 11 is 1.85. The molecule has 1 aromatic heterocycles. The Labute approximate surface area is 130 Å². The number of aromatic nitrogens is 3. The van der Waals surface area contributed by atoms with Gasteiger partial charge < -0.3 is 4.57 Å². The zero-order chi connectivity index (χ0) is 14.4. The monoisotopic (exact) mass is 299 g/mol. The van der Waals surface area contributed by atoms with Gasteiger partial charge in [-0.2, -0.15) is 0 Å². The van der Waals surface area contributed by atoms with E-state index in [0.29, 0.717) is 12.0 Å². The quantitative estimate of drug-likeness (QED) is 0.767. The second-order valence-electron chi connectivity index (χ2n) is 6.43. The molecule has 0 bridgehead atoms. The number of aryl methyl sites for hydroxylation is 2. The Kier molecular flexibility index (Phi) is 3.29. The summed E-state index contributed by atoms with van der Waals surface area (Å²) in [6, 6.07) is 7.37. The van der Waals surface area contributed by atoms with Crippen LogP contribution in [0.1, 0.15) is 60.2 Å². The molecule has 0 aliphatic heterocycles. The van der Waals surface area contributed by atoms with Crippen molar-refractivity contribution in [2.45, 2.75) is 62.4 Å². The van der Waals surface area contributed by atoms with Crippen molar-refractivity contribution >= 4 is 11.8 Å². The van der Waals surface area contributed by atoms with Gasteiger partial charge in [0.2, 0.25) is 0 Å². The van der Waals surface area contributed by atoms with Crippen molar-refractivity contribution in [3.8, 4) is 0 Å². The van der Waals surface area contributed by atoms with E-state index >= 15 is 0 Å². The minimum atomic E-state index is 0.678. The van der Waals surface area contributed by atoms with Gasteiger partial charge in [0.05, 0.1) is 0 Å². The Morgan fingerprint density at radius 1 is 1.14 bits per heavy atom. The standard InChI is InChI=1S/C17H21N3S/c1-11-3-4-12(2)14(9-11)10-21-17-19-18-16(13-5-6-13)20(17)15-7-8-15/h3-4,9,13,15H,5-8,10H2,1-2H3. The maximum atomic E-state index is 4.48. The molecule has 4 rings (SSSR count). The normalized spacial score (nSPS) is 18.2. The Morgan fingerprint density at radius 3 is 2.67 bits per heavy atom. The van der Waals surface area contributed by atoms with Crippen molar-refractivity contribution < 1.29 is 0 Å². The third-order valence-electron chi connectivity index (χ3n) is 4.41. The highest BCUT2D eigenvalue weighted by Crippen LogP contribution is 2.46. The van der Waals surface area contributed by atoms with Gasteiger partial charge in [-0.25, -0.2) is 0 Å². The van der Waals surface area contributed by atoms with E-state index in [9.17, 15) is 0 Å². The Balaban J connectivity index is 1.55. The molecule has 0 amide bonds. The number of thioether (sulfide) groups is 1. The predicted octanol–water partition coefficient (Wildman–Crippen LogP) is 4.40. The lowest BCUT2D eigenvalue weighted by Crippen LogP contribution is -2.02. The summed E-state index contributed by atoms with van der Waals surface area (Å²) in [5.74, 6) is 2.93. The number of hydrogen-bond donors (Lipinski definition) is 0. The minimum absolute atomic E-state index is 0.678. The molecule has 2 fully saturated rings. The van der Waals surface area contributed by atoms with Crippen molar-refractivity contribution in [2.24, 2.45) is 0 Å². The molecule has 2 aromatic rings. The topological polar surface area (TPSA) is 30.7 Å². The number of nitrogens with zero attached hydrogens (tertiary/aromatic N) is 3. The highest BCUT2D eigenvalue weighted by atomic mass is 32.2. The van der Waals surface area contributed by atoms with Gasteiger partial charge in [-0.15, -0.1) is 10.2 Å². The molecule has 2 aliphatic carbocycles. The first-order chi connectivity index (χ1) is 10.2. The summed E-state index contributed by atoms with van der Waals surface area (Å²) in [5, 5.41) is 10.1. The van der Waals surface area contributed by atoms with Crippen LogP contribution in [-0.4, -0.2) is 14.8 Å². The minimum Gasteiger partial charge on any atom is -0.303 e. The summed E-state index contributed by atoms with van der Waals surface area (Å²) in [4.78, 5) is 0. The first kappa shape index (κ1) is 13.4. The van der Waals surface area contributed by atoms with Gasteiger partial charge in [0.1, 0.15) is 5.82 Å². The van der Waals surface area contributed by atoms with Crippen LogP contribution in [0.3, 0.4) is 0 Å². The van der Waals surface area contributed by atoms with Gasteiger partial charge in [-0.05, 0) is 50.7 Å². The van der Waals surface area contributed by atoms with Crippen molar-refractivity contribution in [2.75, 3.05) is 0 Å². The number of rotatable bonds is 5. The molecule has 1 aromatic carbocycles. The summed E-state index contributed by atoms with van der Waals surface area (Å²) in [6.07, 6.45) is 5.20. The van der Waals surface area contributed by atoms with Gasteiger partial charge >= 0.3 is 0 Å². The molecule has 3 nitrogen and oxygen atoms in total. The molecule has 0 unspecified atom stereocenters. The molecule has 0 atom stereocenters. The van der Waals surface area contributed by atoms with Crippen LogP contribution in [0.2, 0.25) is 0 Å². The van der Waals surface area contributed by atoms with E-state index in [1.165, 1.54) is 48.2 Å². The van der Waals surface area contributed by atoms with Gasteiger partial charge in [-0.1, -0.05) is 35.5 Å². The lowest BCUT2D eigenvalue weighted by molar-refractivity contribution is 0.627. The van der Waals surface area contributed by atoms with Crippen molar-refractivity contribution in [3.63, 3.8) is 0 Å². The second-order valence-corrected chi connectivity index (χ2v) is 7.38. The molecule has 21 heavy (non-hydrogen) atoms. The van der Waals surface area contributed by atoms with Crippen molar-refractivity contribution in [1.82, 2.24) is 14.8 Å². The first-order valence-electron chi connectivity index (χ1n) is 7.86. The summed E-state index contributed by atoms with van der Waals surface area (Å²) < 4.78 is 2.44. The van der Waals surface area contributed by atoms with Gasteiger partial charge in [-0.3, -0.25) is 0 Å². The van der Waals surface area contributed by atoms with Crippen LogP contribution in [0.25, 0.3) is 0 Å². The largest absolute Gasteiger partial charge is 0.303 e. The summed E-state index contributed by atoms with van der Waals surface area (Å²) in [6.45, 7) is 4.35. The molecule has 0 spiro atoms. The molecule has 2 aliphatic rings. The molecular weight excluding hydrogens is 278 g/mol. The fourth-order valence-corrected chi connectivity index (χ4v) is 3.86. The second kappa shape index (κ2) is 5.16. The van der Waals surface area contributed by atoms with Crippen molar-refractivity contribution in [3.05, 3.63) is 40.7 Å². The van der Waals surface area contributed by atoms with Gasteiger partial charge in [0.15, 0.2) is 5.16 Å². The Bertz CT molecular complexity index is 669. The summed E-state index contributed by atoms with van der Waals surface area (Å²) in [5.41, 5.74) is 4.12. The maximum absolute atomic E-state index is 4.48. The van der Waals surface area contributed by atoms with E-state index in [4.69, 9.17) is 0 Å². The SMILES string of the molecule is Cc1ccc(C)c(CSc2nnc(C3CC3)n2C2CC2)c1. The fourth-order valence-electron chi connectivity index (χ4n) is 2.78. The number of hydrogen-bond acceptors (Lipinski definition) is 3. The Hall–Kier alpha value is -1.29. The third kappa shape index (κ3) is 2.73. The average Bonchev–Trinajstić information content (AvgIpc) is 3.38. The van der Waals surface area contributed by atoms with Gasteiger partial charge in [0, 0.05) is 17.7 Å². The maximum Gasteiger partial charge on any atom is 0.191 e. The zero-order valence-corrected chi connectivity index (χ0v) is 13.5. The van der Waals surface area contributed by atoms with Crippen LogP contribution in [0.5, 0.6) is 0 Å².